The van der Waals surface area contributed by atoms with Gasteiger partial charge < -0.3 is 16.4 Å². The van der Waals surface area contributed by atoms with Gasteiger partial charge in [0.1, 0.15) is 5.82 Å². The van der Waals surface area contributed by atoms with Crippen molar-refractivity contribution in [3.05, 3.63) is 119 Å². The zero-order valence-electron chi connectivity index (χ0n) is 19.9. The second-order valence-corrected chi connectivity index (χ2v) is 8.47. The third-order valence-corrected chi connectivity index (χ3v) is 5.61. The van der Waals surface area contributed by atoms with Crippen molar-refractivity contribution >= 4 is 28.7 Å². The molecule has 0 bridgehead atoms. The van der Waals surface area contributed by atoms with Crippen LogP contribution in [-0.4, -0.2) is 15.9 Å². The molecule has 4 rings (SSSR count). The molecule has 4 N–H and O–H groups in total. The number of nitrogens with one attached hydrogen (secondary N) is 2. The highest BCUT2D eigenvalue weighted by molar-refractivity contribution is 6.05. The van der Waals surface area contributed by atoms with E-state index in [2.05, 4.69) is 27.2 Å². The molecule has 1 amide bonds. The molecule has 9 heteroatoms. The van der Waals surface area contributed by atoms with Crippen LogP contribution in [0, 0.1) is 6.92 Å². The van der Waals surface area contributed by atoms with Crippen LogP contribution < -0.4 is 16.4 Å². The van der Waals surface area contributed by atoms with Crippen LogP contribution in [0.2, 0.25) is 0 Å². The van der Waals surface area contributed by atoms with Gasteiger partial charge in [-0.2, -0.15) is 13.2 Å². The Morgan fingerprint density at radius 3 is 2.30 bits per heavy atom. The Balaban J connectivity index is 1.42. The molecule has 6 nitrogen and oxygen atoms in total. The molecule has 0 saturated carbocycles. The van der Waals surface area contributed by atoms with Crippen LogP contribution in [0.5, 0.6) is 0 Å². The molecular formula is C28H24F3N5O. The van der Waals surface area contributed by atoms with Crippen LogP contribution in [0.25, 0.3) is 5.70 Å². The molecule has 0 aliphatic carbocycles. The van der Waals surface area contributed by atoms with Gasteiger partial charge in [0.2, 0.25) is 0 Å². The Kier molecular flexibility index (Phi) is 7.24. The molecule has 1 heterocycles. The molecule has 1 aromatic heterocycles. The van der Waals surface area contributed by atoms with Crippen molar-refractivity contribution < 1.29 is 18.0 Å². The normalized spacial score (nSPS) is 11.1. The van der Waals surface area contributed by atoms with E-state index in [1.54, 1.807) is 31.2 Å². The maximum atomic E-state index is 13.0. The van der Waals surface area contributed by atoms with Gasteiger partial charge in [-0.25, -0.2) is 9.97 Å². The summed E-state index contributed by atoms with van der Waals surface area (Å²) in [5, 5.41) is 5.84. The van der Waals surface area contributed by atoms with Gasteiger partial charge in [0.05, 0.1) is 23.6 Å². The summed E-state index contributed by atoms with van der Waals surface area (Å²) in [6, 6.07) is 17.3. The first kappa shape index (κ1) is 25.4. The summed E-state index contributed by atoms with van der Waals surface area (Å²) in [5.74, 6) is 0.237. The highest BCUT2D eigenvalue weighted by Gasteiger charge is 2.30. The number of rotatable bonds is 7. The summed E-state index contributed by atoms with van der Waals surface area (Å²) in [5.41, 5.74) is 9.76. The Morgan fingerprint density at radius 2 is 1.65 bits per heavy atom. The van der Waals surface area contributed by atoms with Crippen molar-refractivity contribution in [1.82, 2.24) is 9.97 Å². The predicted molar refractivity (Wildman–Crippen MR) is 139 cm³/mol. The first-order valence-electron chi connectivity index (χ1n) is 11.3. The van der Waals surface area contributed by atoms with Crippen LogP contribution >= 0.6 is 0 Å². The number of amides is 1. The number of hydrogen-bond acceptors (Lipinski definition) is 5. The SMILES string of the molecule is C=C(Nc1ccc(C)c(C(=O)Nc2cnc(Cc3cccc(N)c3)nc2)c1)c1ccc(C(F)(F)F)cc1. The van der Waals surface area contributed by atoms with Crippen LogP contribution in [0.3, 0.4) is 0 Å². The van der Waals surface area contributed by atoms with Gasteiger partial charge >= 0.3 is 6.18 Å². The average Bonchev–Trinajstić information content (AvgIpc) is 2.86. The zero-order valence-corrected chi connectivity index (χ0v) is 19.9. The van der Waals surface area contributed by atoms with E-state index in [0.717, 1.165) is 23.3 Å². The molecule has 3 aromatic carbocycles. The number of carbonyl (C=O) groups excluding carboxylic acids is 1. The van der Waals surface area contributed by atoms with E-state index in [1.807, 2.05) is 18.2 Å². The average molecular weight is 504 g/mol. The molecule has 188 valence electrons. The van der Waals surface area contributed by atoms with E-state index in [9.17, 15) is 18.0 Å². The van der Waals surface area contributed by atoms with Crippen molar-refractivity contribution in [3.8, 4) is 0 Å². The highest BCUT2D eigenvalue weighted by atomic mass is 19.4. The van der Waals surface area contributed by atoms with Crippen LogP contribution in [0.1, 0.15) is 38.4 Å². The van der Waals surface area contributed by atoms with Gasteiger partial charge in [0.25, 0.3) is 5.91 Å². The molecule has 0 radical (unpaired) electrons. The minimum atomic E-state index is -4.41. The molecule has 0 saturated heterocycles. The van der Waals surface area contributed by atoms with Gasteiger partial charge in [-0.15, -0.1) is 0 Å². The van der Waals surface area contributed by atoms with Crippen molar-refractivity contribution in [2.24, 2.45) is 0 Å². The van der Waals surface area contributed by atoms with Gasteiger partial charge in [-0.05, 0) is 60.0 Å². The number of halogens is 3. The largest absolute Gasteiger partial charge is 0.416 e. The molecule has 0 aliphatic rings. The minimum Gasteiger partial charge on any atom is -0.399 e. The molecular weight excluding hydrogens is 479 g/mol. The van der Waals surface area contributed by atoms with E-state index in [0.29, 0.717) is 46.1 Å². The highest BCUT2D eigenvalue weighted by Crippen LogP contribution is 2.30. The van der Waals surface area contributed by atoms with E-state index in [1.165, 1.54) is 24.5 Å². The summed E-state index contributed by atoms with van der Waals surface area (Å²) < 4.78 is 38.4. The third kappa shape index (κ3) is 6.52. The topological polar surface area (TPSA) is 92.9 Å². The van der Waals surface area contributed by atoms with Crippen molar-refractivity contribution in [2.75, 3.05) is 16.4 Å². The quantitative estimate of drug-likeness (QED) is 0.257. The summed E-state index contributed by atoms with van der Waals surface area (Å²) in [6.07, 6.45) is -0.823. The summed E-state index contributed by atoms with van der Waals surface area (Å²) in [7, 11) is 0. The number of nitrogens with zero attached hydrogens (tertiary/aromatic N) is 2. The van der Waals surface area contributed by atoms with E-state index in [-0.39, 0.29) is 5.91 Å². The molecule has 0 fully saturated rings. The Hall–Kier alpha value is -4.66. The third-order valence-electron chi connectivity index (χ3n) is 5.61. The number of benzene rings is 3. The van der Waals surface area contributed by atoms with Crippen molar-refractivity contribution in [3.63, 3.8) is 0 Å². The summed E-state index contributed by atoms with van der Waals surface area (Å²) >= 11 is 0. The number of nitrogen functional groups attached to an aromatic ring is 1. The zero-order chi connectivity index (χ0) is 26.6. The number of aromatic nitrogens is 2. The fraction of sp³-hybridized carbons (Fsp3) is 0.107. The first-order chi connectivity index (χ1) is 17.6. The smallest absolute Gasteiger partial charge is 0.399 e. The molecule has 0 spiro atoms. The number of carbonyl (C=O) groups is 1. The molecule has 0 unspecified atom stereocenters. The first-order valence-corrected chi connectivity index (χ1v) is 11.3. The fourth-order valence-electron chi connectivity index (χ4n) is 3.65. The lowest BCUT2D eigenvalue weighted by Gasteiger charge is -2.14. The van der Waals surface area contributed by atoms with E-state index < -0.39 is 11.7 Å². The summed E-state index contributed by atoms with van der Waals surface area (Å²) in [4.78, 5) is 21.6. The maximum absolute atomic E-state index is 13.0. The Labute approximate surface area is 212 Å². The second kappa shape index (κ2) is 10.5. The van der Waals surface area contributed by atoms with Crippen LogP contribution in [0.15, 0.2) is 85.7 Å². The second-order valence-electron chi connectivity index (χ2n) is 8.47. The van der Waals surface area contributed by atoms with Crippen LogP contribution in [0.4, 0.5) is 30.2 Å². The lowest BCUT2D eigenvalue weighted by atomic mass is 10.1. The molecule has 4 aromatic rings. The van der Waals surface area contributed by atoms with E-state index >= 15 is 0 Å². The molecule has 37 heavy (non-hydrogen) atoms. The fourth-order valence-corrected chi connectivity index (χ4v) is 3.65. The lowest BCUT2D eigenvalue weighted by Crippen LogP contribution is -2.14. The van der Waals surface area contributed by atoms with Gasteiger partial charge in [0.15, 0.2) is 0 Å². The number of aryl methyl sites for hydroxylation is 1. The standard InChI is InChI=1S/C28H24F3N5O/c1-17-6-11-23(35-18(2)20-7-9-21(10-8-20)28(29,30)31)14-25(17)27(37)36-24-15-33-26(34-16-24)13-19-4-3-5-22(32)12-19/h3-12,14-16,35H,2,13,32H2,1H3,(H,36,37). The van der Waals surface area contributed by atoms with Gasteiger partial charge in [0, 0.05) is 29.1 Å². The number of alkyl halides is 3. The Morgan fingerprint density at radius 1 is 0.946 bits per heavy atom. The van der Waals surface area contributed by atoms with Crippen molar-refractivity contribution in [1.29, 1.82) is 0 Å². The van der Waals surface area contributed by atoms with Crippen LogP contribution in [-0.2, 0) is 12.6 Å². The van der Waals surface area contributed by atoms with Crippen molar-refractivity contribution in [2.45, 2.75) is 19.5 Å². The van der Waals surface area contributed by atoms with Gasteiger partial charge in [-0.3, -0.25) is 4.79 Å². The van der Waals surface area contributed by atoms with Gasteiger partial charge in [-0.1, -0.05) is 36.9 Å². The number of nitrogens with two attached hydrogens (primary N) is 1. The minimum absolute atomic E-state index is 0.353. The summed E-state index contributed by atoms with van der Waals surface area (Å²) in [6.45, 7) is 5.70. The monoisotopic (exact) mass is 503 g/mol. The number of hydrogen-bond donors (Lipinski definition) is 3. The maximum Gasteiger partial charge on any atom is 0.416 e. The molecule has 0 atom stereocenters. The Bertz CT molecular complexity index is 1430. The molecule has 0 aliphatic heterocycles. The number of anilines is 3. The van der Waals surface area contributed by atoms with E-state index in [4.69, 9.17) is 5.73 Å². The predicted octanol–water partition coefficient (Wildman–Crippen LogP) is 6.31. The lowest BCUT2D eigenvalue weighted by molar-refractivity contribution is -0.137.